The summed E-state index contributed by atoms with van der Waals surface area (Å²) in [6, 6.07) is 3.73. The third-order valence-electron chi connectivity index (χ3n) is 1.39. The lowest BCUT2D eigenvalue weighted by atomic mass is 10.5. The van der Waals surface area contributed by atoms with E-state index in [4.69, 9.17) is 9.15 Å². The van der Waals surface area contributed by atoms with Gasteiger partial charge in [0, 0.05) is 6.08 Å². The molecule has 0 fully saturated rings. The van der Waals surface area contributed by atoms with Crippen LogP contribution in [-0.4, -0.2) is 12.6 Å². The molecule has 0 saturated heterocycles. The van der Waals surface area contributed by atoms with Gasteiger partial charge in [0.25, 0.3) is 0 Å². The van der Waals surface area contributed by atoms with E-state index < -0.39 is 0 Å². The third-order valence-corrected chi connectivity index (χ3v) is 2.17. The number of hydrogen-bond acceptors (Lipinski definition) is 4. The molecular formula is C10H12O3S. The van der Waals surface area contributed by atoms with Crippen molar-refractivity contribution in [2.45, 2.75) is 12.7 Å². The van der Waals surface area contributed by atoms with Crippen molar-refractivity contribution in [2.24, 2.45) is 0 Å². The molecule has 0 aliphatic heterocycles. The van der Waals surface area contributed by atoms with Gasteiger partial charge < -0.3 is 9.15 Å². The zero-order valence-electron chi connectivity index (χ0n) is 7.93. The Morgan fingerprint density at radius 1 is 1.71 bits per heavy atom. The molecule has 1 aromatic rings. The minimum absolute atomic E-state index is 0.306. The molecule has 1 heterocycles. The summed E-state index contributed by atoms with van der Waals surface area (Å²) >= 11 is 1.49. The van der Waals surface area contributed by atoms with Gasteiger partial charge in [-0.15, -0.1) is 11.8 Å². The highest BCUT2D eigenvalue weighted by atomic mass is 32.2. The van der Waals surface area contributed by atoms with Gasteiger partial charge in [-0.1, -0.05) is 0 Å². The van der Waals surface area contributed by atoms with Crippen molar-refractivity contribution in [1.29, 1.82) is 0 Å². The third kappa shape index (κ3) is 4.18. The molecule has 0 unspecified atom stereocenters. The highest BCUT2D eigenvalue weighted by molar-refractivity contribution is 8.01. The molecular weight excluding hydrogens is 200 g/mol. The van der Waals surface area contributed by atoms with Gasteiger partial charge in [-0.05, 0) is 24.5 Å². The molecule has 0 aromatic carbocycles. The predicted octanol–water partition coefficient (Wildman–Crippen LogP) is 2.59. The van der Waals surface area contributed by atoms with E-state index in [1.165, 1.54) is 17.8 Å². The number of ether oxygens (including phenoxy) is 1. The number of furan rings is 1. The lowest BCUT2D eigenvalue weighted by Gasteiger charge is -1.94. The Kier molecular flexibility index (Phi) is 4.93. The van der Waals surface area contributed by atoms with Crippen molar-refractivity contribution < 1.29 is 13.9 Å². The predicted molar refractivity (Wildman–Crippen MR) is 55.8 cm³/mol. The average molecular weight is 212 g/mol. The largest absolute Gasteiger partial charge is 0.468 e. The number of thioether (sulfide) groups is 1. The van der Waals surface area contributed by atoms with Crippen molar-refractivity contribution in [3.8, 4) is 0 Å². The zero-order valence-corrected chi connectivity index (χ0v) is 8.75. The maximum absolute atomic E-state index is 10.9. The van der Waals surface area contributed by atoms with E-state index in [1.807, 2.05) is 12.1 Å². The summed E-state index contributed by atoms with van der Waals surface area (Å²) in [4.78, 5) is 10.9. The molecule has 4 heteroatoms. The maximum Gasteiger partial charge on any atom is 0.331 e. The number of rotatable bonds is 5. The molecule has 0 aliphatic carbocycles. The van der Waals surface area contributed by atoms with E-state index in [9.17, 15) is 4.79 Å². The van der Waals surface area contributed by atoms with Crippen LogP contribution in [0.5, 0.6) is 0 Å². The molecule has 3 nitrogen and oxygen atoms in total. The minimum atomic E-state index is -0.306. The summed E-state index contributed by atoms with van der Waals surface area (Å²) < 4.78 is 9.83. The highest BCUT2D eigenvalue weighted by Crippen LogP contribution is 2.13. The fraction of sp³-hybridized carbons (Fsp3) is 0.300. The van der Waals surface area contributed by atoms with Crippen LogP contribution >= 0.6 is 11.8 Å². The van der Waals surface area contributed by atoms with Crippen LogP contribution in [0.4, 0.5) is 0 Å². The van der Waals surface area contributed by atoms with E-state index in [-0.39, 0.29) is 5.97 Å². The molecule has 0 bridgehead atoms. The highest BCUT2D eigenvalue weighted by Gasteiger charge is 1.95. The van der Waals surface area contributed by atoms with Crippen LogP contribution in [-0.2, 0) is 15.3 Å². The molecule has 14 heavy (non-hydrogen) atoms. The summed E-state index contributed by atoms with van der Waals surface area (Å²) in [6.07, 6.45) is 3.04. The fourth-order valence-corrected chi connectivity index (χ4v) is 1.45. The van der Waals surface area contributed by atoms with Crippen LogP contribution in [0.25, 0.3) is 0 Å². The van der Waals surface area contributed by atoms with Gasteiger partial charge in [-0.2, -0.15) is 0 Å². The van der Waals surface area contributed by atoms with Gasteiger partial charge in [0.15, 0.2) is 0 Å². The van der Waals surface area contributed by atoms with E-state index >= 15 is 0 Å². The summed E-state index contributed by atoms with van der Waals surface area (Å²) in [7, 11) is 0. The topological polar surface area (TPSA) is 39.4 Å². The first kappa shape index (κ1) is 10.9. The summed E-state index contributed by atoms with van der Waals surface area (Å²) in [5, 5.41) is 1.71. The molecule has 1 rings (SSSR count). The Morgan fingerprint density at radius 3 is 3.21 bits per heavy atom. The Labute approximate surface area is 87.1 Å². The van der Waals surface area contributed by atoms with Crippen LogP contribution in [0.2, 0.25) is 0 Å². The van der Waals surface area contributed by atoms with Gasteiger partial charge in [0.05, 0.1) is 18.6 Å². The standard InChI is InChI=1S/C10H12O3S/c1-2-12-10(11)5-7-14-8-9-4-3-6-13-9/h3-7H,2,8H2,1H3/b7-5-. The van der Waals surface area contributed by atoms with Gasteiger partial charge in [-0.3, -0.25) is 0 Å². The maximum atomic E-state index is 10.9. The van der Waals surface area contributed by atoms with Crippen LogP contribution in [0.15, 0.2) is 34.3 Å². The van der Waals surface area contributed by atoms with E-state index in [1.54, 1.807) is 18.6 Å². The quantitative estimate of drug-likeness (QED) is 0.555. The van der Waals surface area contributed by atoms with Gasteiger partial charge >= 0.3 is 5.97 Å². The molecule has 0 radical (unpaired) electrons. The Morgan fingerprint density at radius 2 is 2.57 bits per heavy atom. The SMILES string of the molecule is CCOC(=O)/C=C\SCc1ccco1. The summed E-state index contributed by atoms with van der Waals surface area (Å²) in [6.45, 7) is 2.19. The molecule has 0 atom stereocenters. The van der Waals surface area contributed by atoms with Crippen molar-refractivity contribution in [1.82, 2.24) is 0 Å². The second kappa shape index (κ2) is 6.32. The molecule has 1 aromatic heterocycles. The van der Waals surface area contributed by atoms with Crippen LogP contribution in [0.1, 0.15) is 12.7 Å². The first-order valence-corrected chi connectivity index (χ1v) is 5.35. The van der Waals surface area contributed by atoms with E-state index in [0.717, 1.165) is 11.5 Å². The second-order valence-electron chi connectivity index (χ2n) is 2.45. The lowest BCUT2D eigenvalue weighted by molar-refractivity contribution is -0.137. The first-order chi connectivity index (χ1) is 6.83. The number of carbonyl (C=O) groups is 1. The molecule has 0 spiro atoms. The van der Waals surface area contributed by atoms with Crippen LogP contribution in [0.3, 0.4) is 0 Å². The normalized spacial score (nSPS) is 10.6. The summed E-state index contributed by atoms with van der Waals surface area (Å²) in [5.41, 5.74) is 0. The Hall–Kier alpha value is -1.16. The monoisotopic (exact) mass is 212 g/mol. The first-order valence-electron chi connectivity index (χ1n) is 4.30. The molecule has 0 amide bonds. The zero-order chi connectivity index (χ0) is 10.2. The molecule has 76 valence electrons. The Bertz CT molecular complexity index is 290. The second-order valence-corrected chi connectivity index (χ2v) is 3.34. The lowest BCUT2D eigenvalue weighted by Crippen LogP contribution is -1.98. The van der Waals surface area contributed by atoms with Crippen molar-refractivity contribution in [3.63, 3.8) is 0 Å². The molecule has 0 N–H and O–H groups in total. The summed E-state index contributed by atoms with van der Waals surface area (Å²) in [5.74, 6) is 1.31. The number of carbonyl (C=O) groups excluding carboxylic acids is 1. The minimum Gasteiger partial charge on any atom is -0.468 e. The van der Waals surface area contributed by atoms with E-state index in [2.05, 4.69) is 0 Å². The molecule has 0 saturated carbocycles. The number of esters is 1. The number of hydrogen-bond donors (Lipinski definition) is 0. The van der Waals surface area contributed by atoms with Crippen LogP contribution < -0.4 is 0 Å². The smallest absolute Gasteiger partial charge is 0.331 e. The van der Waals surface area contributed by atoms with Crippen LogP contribution in [0, 0.1) is 0 Å². The van der Waals surface area contributed by atoms with Crippen molar-refractivity contribution in [2.75, 3.05) is 6.61 Å². The van der Waals surface area contributed by atoms with Crippen molar-refractivity contribution in [3.05, 3.63) is 35.6 Å². The molecule has 0 aliphatic rings. The fourth-order valence-electron chi connectivity index (χ4n) is 0.819. The van der Waals surface area contributed by atoms with Gasteiger partial charge in [-0.25, -0.2) is 4.79 Å². The van der Waals surface area contributed by atoms with E-state index in [0.29, 0.717) is 6.61 Å². The van der Waals surface area contributed by atoms with Crippen molar-refractivity contribution >= 4 is 17.7 Å². The average Bonchev–Trinajstić information content (AvgIpc) is 2.65. The van der Waals surface area contributed by atoms with Gasteiger partial charge in [0.1, 0.15) is 5.76 Å². The Balaban J connectivity index is 2.18. The van der Waals surface area contributed by atoms with Gasteiger partial charge in [0.2, 0.25) is 0 Å².